The molecule has 0 bridgehead atoms. The van der Waals surface area contributed by atoms with Crippen LogP contribution in [0.4, 0.5) is 0 Å². The Morgan fingerprint density at radius 3 is 2.27 bits per heavy atom. The van der Waals surface area contributed by atoms with Crippen LogP contribution in [-0.2, 0) is 6.42 Å². The minimum Gasteiger partial charge on any atom is -0.412 e. The van der Waals surface area contributed by atoms with E-state index in [9.17, 15) is 0 Å². The third kappa shape index (κ3) is 3.07. The highest BCUT2D eigenvalue weighted by Crippen LogP contribution is 2.24. The molecule has 1 aromatic rings. The summed E-state index contributed by atoms with van der Waals surface area (Å²) in [7, 11) is 0. The standard InChI is InChI=1S/C14H16.H2O/c1-2-12-8-9-14(10-12)11-13-6-4-3-5-7-13;/h3-9H,2,10-11H2,1H3;1H2. The van der Waals surface area contributed by atoms with Gasteiger partial charge in [0.05, 0.1) is 0 Å². The van der Waals surface area contributed by atoms with Crippen LogP contribution >= 0.6 is 0 Å². The van der Waals surface area contributed by atoms with E-state index in [0.717, 1.165) is 6.42 Å². The molecule has 2 rings (SSSR count). The molecule has 0 fully saturated rings. The number of rotatable bonds is 3. The largest absolute Gasteiger partial charge is 0.412 e. The van der Waals surface area contributed by atoms with Crippen LogP contribution in [0.1, 0.15) is 25.3 Å². The highest BCUT2D eigenvalue weighted by Gasteiger charge is 2.06. The molecular formula is C14H18O. The van der Waals surface area contributed by atoms with Gasteiger partial charge in [-0.25, -0.2) is 0 Å². The van der Waals surface area contributed by atoms with Crippen LogP contribution in [0.2, 0.25) is 0 Å². The summed E-state index contributed by atoms with van der Waals surface area (Å²) in [6.45, 7) is 2.23. The molecule has 1 heteroatoms. The van der Waals surface area contributed by atoms with Crippen LogP contribution in [0.25, 0.3) is 0 Å². The Balaban J connectivity index is 0.00000112. The van der Waals surface area contributed by atoms with Gasteiger partial charge in [0.15, 0.2) is 0 Å². The molecule has 0 saturated carbocycles. The normalized spacial score (nSPS) is 14.2. The minimum atomic E-state index is 0. The van der Waals surface area contributed by atoms with Crippen LogP contribution in [0.3, 0.4) is 0 Å². The maximum atomic E-state index is 2.28. The topological polar surface area (TPSA) is 31.5 Å². The predicted octanol–water partition coefficient (Wildman–Crippen LogP) is 3.07. The van der Waals surface area contributed by atoms with E-state index in [1.807, 2.05) is 0 Å². The summed E-state index contributed by atoms with van der Waals surface area (Å²) in [6, 6.07) is 10.7. The number of hydrogen-bond donors (Lipinski definition) is 0. The summed E-state index contributed by atoms with van der Waals surface area (Å²) < 4.78 is 0. The maximum absolute atomic E-state index is 2.28. The molecule has 0 atom stereocenters. The van der Waals surface area contributed by atoms with Gasteiger partial charge in [-0.3, -0.25) is 0 Å². The second-order valence-corrected chi connectivity index (χ2v) is 3.84. The van der Waals surface area contributed by atoms with Crippen molar-refractivity contribution >= 4 is 0 Å². The summed E-state index contributed by atoms with van der Waals surface area (Å²) in [6.07, 6.45) is 8.05. The lowest BCUT2D eigenvalue weighted by Gasteiger charge is -2.03. The Labute approximate surface area is 91.4 Å². The first-order valence-electron chi connectivity index (χ1n) is 5.30. The predicted molar refractivity (Wildman–Crippen MR) is 64.8 cm³/mol. The van der Waals surface area contributed by atoms with Gasteiger partial charge in [-0.05, 0) is 24.8 Å². The highest BCUT2D eigenvalue weighted by atomic mass is 16.0. The molecule has 0 unspecified atom stereocenters. The second kappa shape index (κ2) is 5.52. The van der Waals surface area contributed by atoms with Crippen molar-refractivity contribution < 1.29 is 5.48 Å². The van der Waals surface area contributed by atoms with Gasteiger partial charge in [0, 0.05) is 0 Å². The molecule has 1 aliphatic rings. The van der Waals surface area contributed by atoms with Crippen molar-refractivity contribution in [1.29, 1.82) is 0 Å². The zero-order chi connectivity index (χ0) is 9.80. The van der Waals surface area contributed by atoms with Crippen LogP contribution in [0.5, 0.6) is 0 Å². The van der Waals surface area contributed by atoms with Crippen molar-refractivity contribution in [2.75, 3.05) is 0 Å². The summed E-state index contributed by atoms with van der Waals surface area (Å²) in [4.78, 5) is 0. The summed E-state index contributed by atoms with van der Waals surface area (Å²) in [5.41, 5.74) is 4.54. The van der Waals surface area contributed by atoms with E-state index >= 15 is 0 Å². The third-order valence-electron chi connectivity index (χ3n) is 2.74. The molecule has 1 aliphatic carbocycles. The van der Waals surface area contributed by atoms with Crippen LogP contribution in [-0.4, -0.2) is 5.48 Å². The summed E-state index contributed by atoms with van der Waals surface area (Å²) >= 11 is 0. The number of hydrogen-bond acceptors (Lipinski definition) is 0. The fourth-order valence-corrected chi connectivity index (χ4v) is 1.87. The molecule has 1 aromatic carbocycles. The molecule has 0 aromatic heterocycles. The zero-order valence-corrected chi connectivity index (χ0v) is 9.16. The SMILES string of the molecule is CCC1=CC=C(Cc2ccccc2)C1.O. The van der Waals surface area contributed by atoms with Crippen LogP contribution in [0, 0.1) is 0 Å². The van der Waals surface area contributed by atoms with Gasteiger partial charge >= 0.3 is 0 Å². The maximum Gasteiger partial charge on any atom is -0.00608 e. The van der Waals surface area contributed by atoms with Gasteiger partial charge in [0.25, 0.3) is 0 Å². The van der Waals surface area contributed by atoms with Gasteiger partial charge in [-0.1, -0.05) is 60.6 Å². The Hall–Kier alpha value is -1.34. The summed E-state index contributed by atoms with van der Waals surface area (Å²) in [5.74, 6) is 0. The molecule has 1 nitrogen and oxygen atoms in total. The van der Waals surface area contributed by atoms with Gasteiger partial charge in [-0.15, -0.1) is 0 Å². The zero-order valence-electron chi connectivity index (χ0n) is 9.16. The molecule has 0 spiro atoms. The van der Waals surface area contributed by atoms with Crippen molar-refractivity contribution in [1.82, 2.24) is 0 Å². The van der Waals surface area contributed by atoms with Crippen molar-refractivity contribution in [3.63, 3.8) is 0 Å². The van der Waals surface area contributed by atoms with E-state index in [-0.39, 0.29) is 5.48 Å². The van der Waals surface area contributed by atoms with Crippen molar-refractivity contribution in [2.45, 2.75) is 26.2 Å². The summed E-state index contributed by atoms with van der Waals surface area (Å²) in [5, 5.41) is 0. The van der Waals surface area contributed by atoms with Gasteiger partial charge in [0.1, 0.15) is 0 Å². The lowest BCUT2D eigenvalue weighted by Crippen LogP contribution is -1.88. The van der Waals surface area contributed by atoms with E-state index < -0.39 is 0 Å². The van der Waals surface area contributed by atoms with E-state index in [4.69, 9.17) is 0 Å². The highest BCUT2D eigenvalue weighted by molar-refractivity contribution is 5.34. The van der Waals surface area contributed by atoms with E-state index in [1.54, 1.807) is 11.1 Å². The fraction of sp³-hybridized carbons (Fsp3) is 0.286. The van der Waals surface area contributed by atoms with E-state index in [2.05, 4.69) is 49.4 Å². The smallest absolute Gasteiger partial charge is 0.00608 e. The van der Waals surface area contributed by atoms with Crippen LogP contribution < -0.4 is 0 Å². The molecule has 15 heavy (non-hydrogen) atoms. The number of allylic oxidation sites excluding steroid dienone is 4. The van der Waals surface area contributed by atoms with Crippen molar-refractivity contribution in [3.8, 4) is 0 Å². The average molecular weight is 202 g/mol. The monoisotopic (exact) mass is 202 g/mol. The molecule has 0 heterocycles. The molecule has 0 saturated heterocycles. The lowest BCUT2D eigenvalue weighted by atomic mass is 10.0. The lowest BCUT2D eigenvalue weighted by molar-refractivity contribution is 0.824. The molecule has 0 radical (unpaired) electrons. The van der Waals surface area contributed by atoms with E-state index in [0.29, 0.717) is 0 Å². The first-order valence-corrected chi connectivity index (χ1v) is 5.30. The number of benzene rings is 1. The third-order valence-corrected chi connectivity index (χ3v) is 2.74. The Bertz CT molecular complexity index is 360. The Morgan fingerprint density at radius 1 is 1.00 bits per heavy atom. The van der Waals surface area contributed by atoms with Gasteiger partial charge in [0.2, 0.25) is 0 Å². The molecule has 80 valence electrons. The molecular weight excluding hydrogens is 184 g/mol. The van der Waals surface area contributed by atoms with Crippen molar-refractivity contribution in [2.24, 2.45) is 0 Å². The first kappa shape index (κ1) is 11.7. The molecule has 2 N–H and O–H groups in total. The van der Waals surface area contributed by atoms with E-state index in [1.165, 1.54) is 18.4 Å². The first-order chi connectivity index (χ1) is 6.88. The van der Waals surface area contributed by atoms with Crippen LogP contribution in [0.15, 0.2) is 53.6 Å². The molecule has 0 aliphatic heterocycles. The second-order valence-electron chi connectivity index (χ2n) is 3.84. The quantitative estimate of drug-likeness (QED) is 0.721. The Morgan fingerprint density at radius 2 is 1.67 bits per heavy atom. The van der Waals surface area contributed by atoms with Gasteiger partial charge < -0.3 is 5.48 Å². The van der Waals surface area contributed by atoms with Gasteiger partial charge in [-0.2, -0.15) is 0 Å². The van der Waals surface area contributed by atoms with Crippen molar-refractivity contribution in [3.05, 3.63) is 59.2 Å². The fourth-order valence-electron chi connectivity index (χ4n) is 1.87. The average Bonchev–Trinajstić information content (AvgIpc) is 2.67. The molecule has 0 amide bonds. The minimum absolute atomic E-state index is 0. The Kier molecular flexibility index (Phi) is 4.32.